The van der Waals surface area contributed by atoms with Gasteiger partial charge in [-0.25, -0.2) is 5.43 Å². The smallest absolute Gasteiger partial charge is 0.275 e. The maximum Gasteiger partial charge on any atom is 0.275 e. The summed E-state index contributed by atoms with van der Waals surface area (Å²) >= 11 is 5.93. The average Bonchev–Trinajstić information content (AvgIpc) is 2.67. The minimum Gasteiger partial charge on any atom is -0.496 e. The molecule has 8 heteroatoms. The number of ether oxygens (including phenoxy) is 4. The quantitative estimate of drug-likeness (QED) is 0.591. The lowest BCUT2D eigenvalue weighted by atomic mass is 10.2. The van der Waals surface area contributed by atoms with Gasteiger partial charge in [-0.05, 0) is 24.3 Å². The fourth-order valence-electron chi connectivity index (χ4n) is 2.23. The minimum atomic E-state index is -0.458. The summed E-state index contributed by atoms with van der Waals surface area (Å²) in [5.74, 6) is 1.48. The van der Waals surface area contributed by atoms with Crippen molar-refractivity contribution < 1.29 is 23.7 Å². The van der Waals surface area contributed by atoms with E-state index in [1.807, 2.05) is 0 Å². The fourth-order valence-corrected chi connectivity index (χ4v) is 2.40. The van der Waals surface area contributed by atoms with E-state index in [4.69, 9.17) is 30.5 Å². The van der Waals surface area contributed by atoms with Crippen LogP contribution in [0.15, 0.2) is 35.4 Å². The Bertz CT molecular complexity index is 823. The number of benzene rings is 2. The van der Waals surface area contributed by atoms with Gasteiger partial charge < -0.3 is 18.9 Å². The molecule has 2 aromatic carbocycles. The van der Waals surface area contributed by atoms with Gasteiger partial charge in [-0.2, -0.15) is 5.10 Å². The van der Waals surface area contributed by atoms with Crippen LogP contribution >= 0.6 is 11.6 Å². The summed E-state index contributed by atoms with van der Waals surface area (Å²) in [4.78, 5) is 12.3. The predicted octanol–water partition coefficient (Wildman–Crippen LogP) is 3.14. The lowest BCUT2D eigenvalue weighted by Gasteiger charge is -2.12. The monoisotopic (exact) mass is 378 g/mol. The molecule has 0 saturated carbocycles. The summed E-state index contributed by atoms with van der Waals surface area (Å²) in [6.45, 7) is 0. The Hall–Kier alpha value is -2.93. The van der Waals surface area contributed by atoms with E-state index < -0.39 is 5.91 Å². The molecule has 0 atom stereocenters. The van der Waals surface area contributed by atoms with Crippen molar-refractivity contribution >= 4 is 23.7 Å². The van der Waals surface area contributed by atoms with Gasteiger partial charge in [-0.1, -0.05) is 11.6 Å². The van der Waals surface area contributed by atoms with Gasteiger partial charge in [0.2, 0.25) is 0 Å². The predicted molar refractivity (Wildman–Crippen MR) is 99.2 cm³/mol. The van der Waals surface area contributed by atoms with Crippen LogP contribution in [0, 0.1) is 0 Å². The summed E-state index contributed by atoms with van der Waals surface area (Å²) in [6.07, 6.45) is 1.44. The molecule has 7 nitrogen and oxygen atoms in total. The number of nitrogens with one attached hydrogen (secondary N) is 1. The molecule has 2 aromatic rings. The molecular formula is C18H19ClN2O5. The number of hydrazone groups is 1. The van der Waals surface area contributed by atoms with E-state index >= 15 is 0 Å². The molecule has 0 heterocycles. The Balaban J connectivity index is 2.23. The Labute approximate surface area is 156 Å². The summed E-state index contributed by atoms with van der Waals surface area (Å²) in [7, 11) is 6.05. The van der Waals surface area contributed by atoms with E-state index in [-0.39, 0.29) is 5.56 Å². The normalized spacial score (nSPS) is 10.5. The zero-order valence-electron chi connectivity index (χ0n) is 14.8. The van der Waals surface area contributed by atoms with Crippen molar-refractivity contribution in [1.82, 2.24) is 5.43 Å². The third-order valence-corrected chi connectivity index (χ3v) is 3.75. The van der Waals surface area contributed by atoms with Crippen LogP contribution in [-0.4, -0.2) is 40.6 Å². The molecule has 1 amide bonds. The van der Waals surface area contributed by atoms with E-state index in [2.05, 4.69) is 10.5 Å². The van der Waals surface area contributed by atoms with Gasteiger partial charge in [-0.15, -0.1) is 0 Å². The number of carbonyl (C=O) groups is 1. The topological polar surface area (TPSA) is 78.4 Å². The maximum absolute atomic E-state index is 12.3. The van der Waals surface area contributed by atoms with E-state index in [1.54, 1.807) is 24.3 Å². The Kier molecular flexibility index (Phi) is 6.68. The van der Waals surface area contributed by atoms with Crippen LogP contribution in [0.2, 0.25) is 5.02 Å². The van der Waals surface area contributed by atoms with Crippen LogP contribution in [0.5, 0.6) is 23.0 Å². The molecule has 0 aromatic heterocycles. The number of methoxy groups -OCH3 is 4. The van der Waals surface area contributed by atoms with E-state index in [0.29, 0.717) is 33.6 Å². The van der Waals surface area contributed by atoms with Crippen molar-refractivity contribution in [2.45, 2.75) is 0 Å². The first-order chi connectivity index (χ1) is 12.5. The Morgan fingerprint density at radius 2 is 1.54 bits per heavy atom. The second kappa shape index (κ2) is 8.96. The molecule has 26 heavy (non-hydrogen) atoms. The summed E-state index contributed by atoms with van der Waals surface area (Å²) in [5, 5.41) is 4.38. The molecule has 0 aliphatic heterocycles. The maximum atomic E-state index is 12.3. The van der Waals surface area contributed by atoms with Gasteiger partial charge in [0.15, 0.2) is 11.5 Å². The van der Waals surface area contributed by atoms with Gasteiger partial charge in [0, 0.05) is 16.7 Å². The van der Waals surface area contributed by atoms with Gasteiger partial charge >= 0.3 is 0 Å². The van der Waals surface area contributed by atoms with Gasteiger partial charge in [0.05, 0.1) is 40.2 Å². The van der Waals surface area contributed by atoms with Crippen LogP contribution in [0.1, 0.15) is 15.9 Å². The average molecular weight is 379 g/mol. The van der Waals surface area contributed by atoms with Crippen molar-refractivity contribution in [2.75, 3.05) is 28.4 Å². The van der Waals surface area contributed by atoms with Gasteiger partial charge in [0.25, 0.3) is 5.91 Å². The van der Waals surface area contributed by atoms with Crippen molar-refractivity contribution in [2.24, 2.45) is 5.10 Å². The van der Waals surface area contributed by atoms with Crippen LogP contribution < -0.4 is 24.4 Å². The van der Waals surface area contributed by atoms with Gasteiger partial charge in [0.1, 0.15) is 11.5 Å². The molecule has 1 N–H and O–H groups in total. The third kappa shape index (κ3) is 4.37. The molecular weight excluding hydrogens is 360 g/mol. The number of hydrogen-bond donors (Lipinski definition) is 1. The van der Waals surface area contributed by atoms with Crippen LogP contribution in [0.4, 0.5) is 0 Å². The third-order valence-electron chi connectivity index (χ3n) is 3.51. The summed E-state index contributed by atoms with van der Waals surface area (Å²) in [6, 6.07) is 8.10. The SMILES string of the molecule is COc1cc(OC)c(OC)cc1/C=N/NC(=O)c1cc(Cl)ccc1OC. The lowest BCUT2D eigenvalue weighted by molar-refractivity contribution is 0.0952. The van der Waals surface area contributed by atoms with E-state index in [9.17, 15) is 4.79 Å². The minimum absolute atomic E-state index is 0.274. The molecule has 0 saturated heterocycles. The molecule has 0 fully saturated rings. The number of nitrogens with zero attached hydrogens (tertiary/aromatic N) is 1. The summed E-state index contributed by atoms with van der Waals surface area (Å²) < 4.78 is 20.9. The highest BCUT2D eigenvalue weighted by Crippen LogP contribution is 2.33. The first kappa shape index (κ1) is 19.4. The van der Waals surface area contributed by atoms with Gasteiger partial charge in [-0.3, -0.25) is 4.79 Å². The molecule has 0 bridgehead atoms. The second-order valence-corrected chi connectivity index (χ2v) is 5.43. The molecule has 0 aliphatic carbocycles. The largest absolute Gasteiger partial charge is 0.496 e. The zero-order valence-corrected chi connectivity index (χ0v) is 15.6. The van der Waals surface area contributed by atoms with E-state index in [0.717, 1.165) is 0 Å². The second-order valence-electron chi connectivity index (χ2n) is 4.99. The van der Waals surface area contributed by atoms with Crippen LogP contribution in [-0.2, 0) is 0 Å². The number of hydrogen-bond acceptors (Lipinski definition) is 6. The first-order valence-corrected chi connectivity index (χ1v) is 7.88. The highest BCUT2D eigenvalue weighted by Gasteiger charge is 2.13. The first-order valence-electron chi connectivity index (χ1n) is 7.51. The lowest BCUT2D eigenvalue weighted by Crippen LogP contribution is -2.18. The highest BCUT2D eigenvalue weighted by molar-refractivity contribution is 6.31. The molecule has 0 spiro atoms. The zero-order chi connectivity index (χ0) is 19.1. The molecule has 0 radical (unpaired) electrons. The molecule has 2 rings (SSSR count). The van der Waals surface area contributed by atoms with Crippen molar-refractivity contribution in [3.8, 4) is 23.0 Å². The Morgan fingerprint density at radius 3 is 2.15 bits per heavy atom. The number of amides is 1. The van der Waals surface area contributed by atoms with E-state index in [1.165, 1.54) is 40.7 Å². The standard InChI is InChI=1S/C18H19ClN2O5/c1-23-14-6-5-12(19)8-13(14)18(22)21-20-10-11-7-16(25-3)17(26-4)9-15(11)24-2/h5-10H,1-4H3,(H,21,22)/b20-10+. The number of halogens is 1. The fraction of sp³-hybridized carbons (Fsp3) is 0.222. The molecule has 138 valence electrons. The highest BCUT2D eigenvalue weighted by atomic mass is 35.5. The van der Waals surface area contributed by atoms with Crippen LogP contribution in [0.3, 0.4) is 0 Å². The van der Waals surface area contributed by atoms with Crippen molar-refractivity contribution in [3.63, 3.8) is 0 Å². The van der Waals surface area contributed by atoms with Crippen molar-refractivity contribution in [1.29, 1.82) is 0 Å². The summed E-state index contributed by atoms with van der Waals surface area (Å²) in [5.41, 5.74) is 3.31. The van der Waals surface area contributed by atoms with Crippen LogP contribution in [0.25, 0.3) is 0 Å². The molecule has 0 unspecified atom stereocenters. The molecule has 0 aliphatic rings. The Morgan fingerprint density at radius 1 is 0.923 bits per heavy atom. The number of rotatable bonds is 7. The number of carbonyl (C=O) groups excluding carboxylic acids is 1. The van der Waals surface area contributed by atoms with Crippen molar-refractivity contribution in [3.05, 3.63) is 46.5 Å².